The summed E-state index contributed by atoms with van der Waals surface area (Å²) in [6, 6.07) is 15.6. The average molecular weight is 352 g/mol. The van der Waals surface area contributed by atoms with Crippen LogP contribution in [0, 0.1) is 19.3 Å². The lowest BCUT2D eigenvalue weighted by Gasteiger charge is -2.30. The Morgan fingerprint density at radius 3 is 2.27 bits per heavy atom. The summed E-state index contributed by atoms with van der Waals surface area (Å²) in [6.45, 7) is 10.3. The van der Waals surface area contributed by atoms with Gasteiger partial charge in [-0.15, -0.1) is 0 Å². The van der Waals surface area contributed by atoms with Gasteiger partial charge in [-0.2, -0.15) is 0 Å². The van der Waals surface area contributed by atoms with Crippen LogP contribution in [0.3, 0.4) is 0 Å². The Morgan fingerprint density at radius 2 is 1.65 bits per heavy atom. The van der Waals surface area contributed by atoms with Crippen LogP contribution < -0.4 is 5.32 Å². The first-order valence-electron chi connectivity index (χ1n) is 8.98. The van der Waals surface area contributed by atoms with Gasteiger partial charge in [0, 0.05) is 18.8 Å². The second-order valence-corrected chi connectivity index (χ2v) is 7.13. The number of nitrogens with zero attached hydrogens (tertiary/aromatic N) is 1. The maximum Gasteiger partial charge on any atom is 0.239 e. The number of amides is 2. The lowest BCUT2D eigenvalue weighted by molar-refractivity contribution is -0.146. The zero-order chi connectivity index (χ0) is 19.3. The van der Waals surface area contributed by atoms with Crippen molar-refractivity contribution in [3.8, 4) is 0 Å². The summed E-state index contributed by atoms with van der Waals surface area (Å²) in [5.41, 5.74) is 2.77. The molecule has 2 aromatic rings. The van der Waals surface area contributed by atoms with Crippen molar-refractivity contribution in [2.24, 2.45) is 5.41 Å². The summed E-state index contributed by atoms with van der Waals surface area (Å²) < 4.78 is 0. The van der Waals surface area contributed by atoms with Gasteiger partial charge in [-0.05, 0) is 57.4 Å². The first kappa shape index (κ1) is 19.7. The molecule has 0 aromatic heterocycles. The van der Waals surface area contributed by atoms with E-state index in [4.69, 9.17) is 0 Å². The zero-order valence-corrected chi connectivity index (χ0v) is 16.3. The summed E-state index contributed by atoms with van der Waals surface area (Å²) in [4.78, 5) is 27.6. The van der Waals surface area contributed by atoms with Crippen molar-refractivity contribution < 1.29 is 9.59 Å². The van der Waals surface area contributed by atoms with E-state index in [1.807, 2.05) is 69.3 Å². The lowest BCUT2D eigenvalue weighted by Crippen LogP contribution is -2.47. The topological polar surface area (TPSA) is 49.4 Å². The molecule has 0 bridgehead atoms. The minimum absolute atomic E-state index is 0.174. The number of benzene rings is 2. The molecule has 1 N–H and O–H groups in total. The van der Waals surface area contributed by atoms with E-state index in [2.05, 4.69) is 5.32 Å². The van der Waals surface area contributed by atoms with Gasteiger partial charge in [-0.1, -0.05) is 42.5 Å². The smallest absolute Gasteiger partial charge is 0.239 e. The van der Waals surface area contributed by atoms with E-state index in [9.17, 15) is 9.59 Å². The molecule has 26 heavy (non-hydrogen) atoms. The van der Waals surface area contributed by atoms with E-state index in [-0.39, 0.29) is 11.8 Å². The molecule has 2 aromatic carbocycles. The van der Waals surface area contributed by atoms with E-state index < -0.39 is 5.41 Å². The molecule has 0 aliphatic rings. The summed E-state index contributed by atoms with van der Waals surface area (Å²) in [5, 5.41) is 2.93. The van der Waals surface area contributed by atoms with Gasteiger partial charge in [0.15, 0.2) is 0 Å². The number of carbonyl (C=O) groups is 2. The van der Waals surface area contributed by atoms with Crippen molar-refractivity contribution in [2.45, 2.75) is 41.2 Å². The molecular weight excluding hydrogens is 324 g/mol. The molecule has 2 rings (SSSR count). The Morgan fingerprint density at radius 1 is 1.00 bits per heavy atom. The first-order chi connectivity index (χ1) is 12.3. The average Bonchev–Trinajstić information content (AvgIpc) is 2.63. The number of hydrogen-bond acceptors (Lipinski definition) is 2. The Balaban J connectivity index is 2.16. The Kier molecular flexibility index (Phi) is 6.19. The van der Waals surface area contributed by atoms with Crippen molar-refractivity contribution >= 4 is 17.5 Å². The summed E-state index contributed by atoms with van der Waals surface area (Å²) >= 11 is 0. The number of hydrogen-bond donors (Lipinski definition) is 1. The monoisotopic (exact) mass is 352 g/mol. The fraction of sp³-hybridized carbons (Fsp3) is 0.364. The maximum atomic E-state index is 13.0. The molecule has 0 radical (unpaired) electrons. The summed E-state index contributed by atoms with van der Waals surface area (Å²) in [7, 11) is 0. The van der Waals surface area contributed by atoms with Crippen LogP contribution in [0.4, 0.5) is 5.69 Å². The summed E-state index contributed by atoms with van der Waals surface area (Å²) in [5.74, 6) is -0.464. The fourth-order valence-electron chi connectivity index (χ4n) is 2.79. The Bertz CT molecular complexity index is 782. The Hall–Kier alpha value is -2.62. The van der Waals surface area contributed by atoms with Crippen molar-refractivity contribution in [3.63, 3.8) is 0 Å². The van der Waals surface area contributed by atoms with Crippen LogP contribution in [0.2, 0.25) is 0 Å². The number of anilines is 1. The van der Waals surface area contributed by atoms with Crippen molar-refractivity contribution in [2.75, 3.05) is 11.9 Å². The molecule has 2 amide bonds. The molecule has 0 atom stereocenters. The van der Waals surface area contributed by atoms with Crippen molar-refractivity contribution in [3.05, 3.63) is 65.2 Å². The Labute approximate surface area is 156 Å². The van der Waals surface area contributed by atoms with Gasteiger partial charge >= 0.3 is 0 Å². The SMILES string of the molecule is CCN(Cc1ccccc1)C(=O)C(C)(C)C(=O)Nc1cccc(C)c1C. The predicted molar refractivity (Wildman–Crippen MR) is 106 cm³/mol. The third kappa shape index (κ3) is 4.31. The van der Waals surface area contributed by atoms with Gasteiger partial charge in [0.2, 0.25) is 11.8 Å². The molecule has 4 heteroatoms. The quantitative estimate of drug-likeness (QED) is 0.787. The zero-order valence-electron chi connectivity index (χ0n) is 16.3. The van der Waals surface area contributed by atoms with E-state index in [1.165, 1.54) is 0 Å². The number of carbonyl (C=O) groups excluding carboxylic acids is 2. The molecule has 0 aliphatic carbocycles. The van der Waals surface area contributed by atoms with Gasteiger partial charge < -0.3 is 10.2 Å². The highest BCUT2D eigenvalue weighted by Gasteiger charge is 2.39. The van der Waals surface area contributed by atoms with Crippen LogP contribution in [0.5, 0.6) is 0 Å². The fourth-order valence-corrected chi connectivity index (χ4v) is 2.79. The van der Waals surface area contributed by atoms with E-state index in [0.29, 0.717) is 13.1 Å². The van der Waals surface area contributed by atoms with Crippen LogP contribution in [0.15, 0.2) is 48.5 Å². The molecule has 0 aliphatic heterocycles. The predicted octanol–water partition coefficient (Wildman–Crippen LogP) is 4.32. The maximum absolute atomic E-state index is 13.0. The third-order valence-corrected chi connectivity index (χ3v) is 4.84. The highest BCUT2D eigenvalue weighted by atomic mass is 16.2. The van der Waals surface area contributed by atoms with Gasteiger partial charge in [0.1, 0.15) is 5.41 Å². The lowest BCUT2D eigenvalue weighted by atomic mass is 9.89. The van der Waals surface area contributed by atoms with E-state index in [1.54, 1.807) is 18.7 Å². The molecule has 0 heterocycles. The van der Waals surface area contributed by atoms with Gasteiger partial charge in [0.25, 0.3) is 0 Å². The van der Waals surface area contributed by atoms with Crippen LogP contribution in [-0.2, 0) is 16.1 Å². The van der Waals surface area contributed by atoms with E-state index >= 15 is 0 Å². The third-order valence-electron chi connectivity index (χ3n) is 4.84. The van der Waals surface area contributed by atoms with Crippen LogP contribution in [0.25, 0.3) is 0 Å². The molecule has 0 unspecified atom stereocenters. The minimum Gasteiger partial charge on any atom is -0.338 e. The van der Waals surface area contributed by atoms with Gasteiger partial charge in [0.05, 0.1) is 0 Å². The first-order valence-corrected chi connectivity index (χ1v) is 8.98. The molecular formula is C22H28N2O2. The van der Waals surface area contributed by atoms with E-state index in [0.717, 1.165) is 22.4 Å². The highest BCUT2D eigenvalue weighted by molar-refractivity contribution is 6.10. The number of aryl methyl sites for hydroxylation is 1. The largest absolute Gasteiger partial charge is 0.338 e. The summed E-state index contributed by atoms with van der Waals surface area (Å²) in [6.07, 6.45) is 0. The highest BCUT2D eigenvalue weighted by Crippen LogP contribution is 2.25. The second-order valence-electron chi connectivity index (χ2n) is 7.13. The second kappa shape index (κ2) is 8.17. The van der Waals surface area contributed by atoms with Crippen LogP contribution in [0.1, 0.15) is 37.5 Å². The molecule has 0 saturated heterocycles. The standard InChI is InChI=1S/C22H28N2O2/c1-6-24(15-18-12-8-7-9-13-18)21(26)22(4,5)20(25)23-19-14-10-11-16(2)17(19)3/h7-14H,6,15H2,1-5H3,(H,23,25). The molecule has 0 fully saturated rings. The van der Waals surface area contributed by atoms with Crippen LogP contribution >= 0.6 is 0 Å². The number of rotatable bonds is 6. The molecule has 0 saturated carbocycles. The van der Waals surface area contributed by atoms with Gasteiger partial charge in [-0.25, -0.2) is 0 Å². The van der Waals surface area contributed by atoms with Crippen LogP contribution in [-0.4, -0.2) is 23.3 Å². The van der Waals surface area contributed by atoms with Crippen molar-refractivity contribution in [1.29, 1.82) is 0 Å². The van der Waals surface area contributed by atoms with Crippen molar-refractivity contribution in [1.82, 2.24) is 4.90 Å². The number of nitrogens with one attached hydrogen (secondary N) is 1. The molecule has 4 nitrogen and oxygen atoms in total. The molecule has 138 valence electrons. The minimum atomic E-state index is -1.15. The normalized spacial score (nSPS) is 11.1. The molecule has 0 spiro atoms. The van der Waals surface area contributed by atoms with Gasteiger partial charge in [-0.3, -0.25) is 9.59 Å².